The van der Waals surface area contributed by atoms with Gasteiger partial charge in [-0.05, 0) is 154 Å². The van der Waals surface area contributed by atoms with Crippen LogP contribution in [0.4, 0.5) is 0 Å². The SMILES string of the molecule is O=C(O)c1ccc(OC(I)(I)I)c(OC(I)(I)I)c1. The maximum Gasteiger partial charge on any atom is 0.335 e. The molecule has 0 saturated carbocycles. The van der Waals surface area contributed by atoms with Crippen LogP contribution in [0.5, 0.6) is 11.5 Å². The fourth-order valence-corrected chi connectivity index (χ4v) is 2.48. The molecule has 0 atom stereocenters. The number of alkyl halides is 6. The van der Waals surface area contributed by atoms with Gasteiger partial charge in [0.05, 0.1) is 5.56 Å². The Morgan fingerprint density at radius 2 is 1.42 bits per heavy atom. The van der Waals surface area contributed by atoms with Crippen LogP contribution >= 0.6 is 136 Å². The molecule has 0 saturated heterocycles. The number of halogens is 6. The lowest BCUT2D eigenvalue weighted by atomic mass is 10.2. The third-order valence-electron chi connectivity index (χ3n) is 1.64. The number of ether oxygens (including phenoxy) is 2. The van der Waals surface area contributed by atoms with Gasteiger partial charge in [-0.15, -0.1) is 0 Å². The summed E-state index contributed by atoms with van der Waals surface area (Å²) in [6, 6.07) is 4.58. The first-order chi connectivity index (χ1) is 8.48. The summed E-state index contributed by atoms with van der Waals surface area (Å²) in [6.07, 6.45) is 0. The first kappa shape index (κ1) is 19.7. The van der Waals surface area contributed by atoms with Crippen molar-refractivity contribution in [1.29, 1.82) is 0 Å². The van der Waals surface area contributed by atoms with Crippen molar-refractivity contribution in [3.05, 3.63) is 23.8 Å². The highest BCUT2D eigenvalue weighted by Crippen LogP contribution is 2.45. The zero-order valence-corrected chi connectivity index (χ0v) is 21.6. The lowest BCUT2D eigenvalue weighted by Gasteiger charge is -2.22. The number of benzene rings is 1. The predicted molar refractivity (Wildman–Crippen MR) is 124 cm³/mol. The minimum absolute atomic E-state index is 0.164. The van der Waals surface area contributed by atoms with Gasteiger partial charge in [0.15, 0.2) is 11.5 Å². The molecule has 0 aliphatic carbocycles. The van der Waals surface area contributed by atoms with E-state index in [1.54, 1.807) is 6.07 Å². The van der Waals surface area contributed by atoms with Crippen LogP contribution in [-0.4, -0.2) is 10.3 Å². The number of carboxylic acids is 1. The average Bonchev–Trinajstić information content (AvgIpc) is 2.15. The third-order valence-corrected chi connectivity index (χ3v) is 2.96. The largest absolute Gasteiger partial charge is 0.478 e. The van der Waals surface area contributed by atoms with E-state index in [0.717, 1.165) is 0 Å². The summed E-state index contributed by atoms with van der Waals surface area (Å²) in [5.41, 5.74) is 0.164. The Kier molecular flexibility index (Phi) is 8.27. The van der Waals surface area contributed by atoms with Gasteiger partial charge in [0, 0.05) is 0 Å². The second kappa shape index (κ2) is 7.97. The molecule has 0 amide bonds. The standard InChI is InChI=1S/C9H4I6O4/c10-8(11,12)18-5-2-1-4(7(16)17)3-6(5)19-9(13,14)15/h1-3H,(H,16,17). The van der Waals surface area contributed by atoms with Crippen LogP contribution in [0.2, 0.25) is 0 Å². The van der Waals surface area contributed by atoms with Crippen molar-refractivity contribution in [2.45, 2.75) is -0.758 Å². The minimum atomic E-state index is -0.998. The number of rotatable bonds is 5. The fraction of sp³-hybridized carbons (Fsp3) is 0.222. The summed E-state index contributed by atoms with van der Waals surface area (Å²) in [5, 5.41) is 9.02. The second-order valence-electron chi connectivity index (χ2n) is 3.06. The molecule has 106 valence electrons. The lowest BCUT2D eigenvalue weighted by molar-refractivity contribution is 0.0696. The maximum absolute atomic E-state index is 11.0. The molecule has 10 heteroatoms. The molecular weight excluding hydrogens is 934 g/mol. The summed E-state index contributed by atoms with van der Waals surface area (Å²) >= 11 is 12.7. The summed E-state index contributed by atoms with van der Waals surface area (Å²) in [4.78, 5) is 11.0. The summed E-state index contributed by atoms with van der Waals surface area (Å²) < 4.78 is 10.5. The number of hydrogen-bond acceptors (Lipinski definition) is 3. The van der Waals surface area contributed by atoms with E-state index in [0.29, 0.717) is 11.5 Å². The van der Waals surface area contributed by atoms with Crippen molar-refractivity contribution in [2.24, 2.45) is 0 Å². The number of carbonyl (C=O) groups is 1. The van der Waals surface area contributed by atoms with Crippen molar-refractivity contribution in [1.82, 2.24) is 0 Å². The third kappa shape index (κ3) is 8.18. The smallest absolute Gasteiger partial charge is 0.335 e. The van der Waals surface area contributed by atoms with Crippen LogP contribution in [-0.2, 0) is 0 Å². The molecule has 1 aromatic carbocycles. The lowest BCUT2D eigenvalue weighted by Crippen LogP contribution is -2.15. The van der Waals surface area contributed by atoms with Crippen LogP contribution in [0.3, 0.4) is 0 Å². The van der Waals surface area contributed by atoms with Crippen LogP contribution in [0, 0.1) is 0 Å². The molecule has 19 heavy (non-hydrogen) atoms. The Labute approximate surface area is 191 Å². The summed E-state index contributed by atoms with van der Waals surface area (Å²) in [5.74, 6) is -0.0768. The maximum atomic E-state index is 11.0. The molecular formula is C9H4I6O4. The number of aromatic carboxylic acids is 1. The first-order valence-corrected chi connectivity index (χ1v) is 10.8. The highest BCUT2D eigenvalue weighted by molar-refractivity contribution is 14.3. The average molecular weight is 938 g/mol. The van der Waals surface area contributed by atoms with Crippen molar-refractivity contribution in [3.8, 4) is 11.5 Å². The van der Waals surface area contributed by atoms with Gasteiger partial charge in [0.1, 0.15) is 0 Å². The molecule has 1 N–H and O–H groups in total. The Balaban J connectivity index is 3.19. The molecule has 0 radical (unpaired) electrons. The molecule has 0 aromatic heterocycles. The van der Waals surface area contributed by atoms with Gasteiger partial charge >= 0.3 is 5.97 Å². The van der Waals surface area contributed by atoms with Crippen LogP contribution in [0.15, 0.2) is 18.2 Å². The molecule has 0 spiro atoms. The number of carboxylic acid groups (broad SMARTS) is 1. The Morgan fingerprint density at radius 1 is 0.947 bits per heavy atom. The van der Waals surface area contributed by atoms with Crippen LogP contribution < -0.4 is 9.47 Å². The van der Waals surface area contributed by atoms with E-state index in [4.69, 9.17) is 14.6 Å². The normalized spacial score (nSPS) is 12.1. The molecule has 0 bridgehead atoms. The highest BCUT2D eigenvalue weighted by atomic mass is 127. The summed E-state index contributed by atoms with van der Waals surface area (Å²) in [6.45, 7) is 0. The first-order valence-electron chi connectivity index (χ1n) is 4.37. The van der Waals surface area contributed by atoms with E-state index in [1.165, 1.54) is 12.1 Å². The zero-order chi connectivity index (χ0) is 14.8. The highest BCUT2D eigenvalue weighted by Gasteiger charge is 2.26. The molecule has 4 nitrogen and oxygen atoms in total. The van der Waals surface area contributed by atoms with E-state index in [1.807, 2.05) is 0 Å². The van der Waals surface area contributed by atoms with Crippen LogP contribution in [0.25, 0.3) is 0 Å². The molecule has 1 aromatic rings. The van der Waals surface area contributed by atoms with E-state index in [-0.39, 0.29) is 5.56 Å². The van der Waals surface area contributed by atoms with Crippen molar-refractivity contribution in [2.75, 3.05) is 0 Å². The van der Waals surface area contributed by atoms with Crippen molar-refractivity contribution < 1.29 is 19.4 Å². The topological polar surface area (TPSA) is 55.8 Å². The zero-order valence-electron chi connectivity index (χ0n) is 8.67. The quantitative estimate of drug-likeness (QED) is 0.292. The molecule has 0 fully saturated rings. The minimum Gasteiger partial charge on any atom is -0.478 e. The Morgan fingerprint density at radius 3 is 1.84 bits per heavy atom. The monoisotopic (exact) mass is 937 g/mol. The molecule has 1 rings (SSSR count). The van der Waals surface area contributed by atoms with Gasteiger partial charge in [-0.1, -0.05) is 0 Å². The molecule has 0 unspecified atom stereocenters. The van der Waals surface area contributed by atoms with Crippen molar-refractivity contribution >= 4 is 142 Å². The molecule has 0 aliphatic rings. The van der Waals surface area contributed by atoms with Gasteiger partial charge in [0.2, 0.25) is 0 Å². The van der Waals surface area contributed by atoms with E-state index < -0.39 is 5.21 Å². The molecule has 0 aliphatic heterocycles. The van der Waals surface area contributed by atoms with E-state index in [2.05, 4.69) is 136 Å². The summed E-state index contributed by atoms with van der Waals surface area (Å²) in [7, 11) is 0. The van der Waals surface area contributed by atoms with Crippen LogP contribution in [0.1, 0.15) is 10.4 Å². The van der Waals surface area contributed by atoms with Gasteiger partial charge in [-0.25, -0.2) is 4.79 Å². The van der Waals surface area contributed by atoms with E-state index >= 15 is 0 Å². The van der Waals surface area contributed by atoms with Gasteiger partial charge in [-0.3, -0.25) is 0 Å². The second-order valence-corrected chi connectivity index (χ2v) is 24.6. The molecule has 0 heterocycles. The fourth-order valence-electron chi connectivity index (χ4n) is 1.05. The number of hydrogen-bond donors (Lipinski definition) is 1. The Bertz CT molecular complexity index is 479. The Hall–Kier alpha value is 2.67. The van der Waals surface area contributed by atoms with E-state index in [9.17, 15) is 4.79 Å². The predicted octanol–water partition coefficient (Wildman–Crippen LogP) is 5.98. The van der Waals surface area contributed by atoms with Gasteiger partial charge in [0.25, 0.3) is -0.758 Å². The van der Waals surface area contributed by atoms with Gasteiger partial charge in [-0.2, -0.15) is 0 Å². The van der Waals surface area contributed by atoms with Crippen molar-refractivity contribution in [3.63, 3.8) is 0 Å². The van der Waals surface area contributed by atoms with Gasteiger partial charge < -0.3 is 14.6 Å².